The van der Waals surface area contributed by atoms with Gasteiger partial charge in [0.05, 0.1) is 43.9 Å². The molecule has 2 bridgehead atoms. The number of nitrogens with zero attached hydrogens (tertiary/aromatic N) is 1. The second-order valence-electron chi connectivity index (χ2n) is 7.49. The van der Waals surface area contributed by atoms with Crippen molar-refractivity contribution in [2.75, 3.05) is 14.1 Å². The van der Waals surface area contributed by atoms with Crippen LogP contribution in [0, 0.1) is 18.8 Å². The van der Waals surface area contributed by atoms with Crippen LogP contribution in [0.5, 0.6) is 0 Å². The van der Waals surface area contributed by atoms with E-state index in [9.17, 15) is 17.8 Å². The Morgan fingerprint density at radius 1 is 1.09 bits per heavy atom. The Labute approximate surface area is 137 Å². The topological polar surface area (TPSA) is 74.3 Å². The number of aryl methyl sites for hydroxylation is 1. The molecule has 0 radical (unpaired) electrons. The normalized spacial score (nSPS) is 33.5. The molecule has 5 nitrogen and oxygen atoms in total. The molecule has 23 heavy (non-hydrogen) atoms. The number of hydrogen-bond acceptors (Lipinski definition) is 4. The molecule has 1 saturated carbocycles. The van der Waals surface area contributed by atoms with E-state index in [0.717, 1.165) is 29.2 Å². The third-order valence-corrected chi connectivity index (χ3v) is 6.82. The van der Waals surface area contributed by atoms with Crippen molar-refractivity contribution in [1.29, 1.82) is 0 Å². The van der Waals surface area contributed by atoms with Gasteiger partial charge in [0.25, 0.3) is 0 Å². The second-order valence-corrected chi connectivity index (χ2v) is 8.84. The largest absolute Gasteiger partial charge is 0.744 e. The summed E-state index contributed by atoms with van der Waals surface area (Å²) in [4.78, 5) is 11.2. The summed E-state index contributed by atoms with van der Waals surface area (Å²) in [5.41, 5.74) is 0.488. The Balaban J connectivity index is 0.000000137. The maximum absolute atomic E-state index is 11.4. The molecule has 4 atom stereocenters. The average Bonchev–Trinajstić information content (AvgIpc) is 3.17. The zero-order chi connectivity index (χ0) is 17.0. The fourth-order valence-electron chi connectivity index (χ4n) is 4.51. The first-order chi connectivity index (χ1) is 10.6. The second kappa shape index (κ2) is 5.40. The number of carbonyl (C=O) groups excluding carboxylic acids is 1. The number of piperidine rings is 2. The number of hydrogen-bond donors (Lipinski definition) is 0. The maximum Gasteiger partial charge on any atom is 0.144 e. The van der Waals surface area contributed by atoms with Crippen LogP contribution in [0.1, 0.15) is 24.8 Å². The highest BCUT2D eigenvalue weighted by atomic mass is 32.2. The van der Waals surface area contributed by atoms with E-state index in [4.69, 9.17) is 0 Å². The molecule has 3 fully saturated rings. The van der Waals surface area contributed by atoms with Crippen LogP contribution >= 0.6 is 0 Å². The lowest BCUT2D eigenvalue weighted by Crippen LogP contribution is -2.57. The molecule has 3 aliphatic rings. The van der Waals surface area contributed by atoms with Crippen molar-refractivity contribution in [1.82, 2.24) is 0 Å². The number of ketones is 1. The minimum atomic E-state index is -4.28. The van der Waals surface area contributed by atoms with Gasteiger partial charge in [-0.05, 0) is 25.0 Å². The summed E-state index contributed by atoms with van der Waals surface area (Å²) >= 11 is 0. The molecule has 6 heteroatoms. The summed E-state index contributed by atoms with van der Waals surface area (Å²) < 4.78 is 32.6. The summed E-state index contributed by atoms with van der Waals surface area (Å²) in [5, 5.41) is 0. The average molecular weight is 337 g/mol. The van der Waals surface area contributed by atoms with E-state index in [2.05, 4.69) is 14.1 Å². The van der Waals surface area contributed by atoms with E-state index in [-0.39, 0.29) is 4.90 Å². The van der Waals surface area contributed by atoms with Crippen LogP contribution in [-0.4, -0.2) is 49.4 Å². The highest BCUT2D eigenvalue weighted by molar-refractivity contribution is 7.85. The fourth-order valence-corrected chi connectivity index (χ4v) is 5.22. The Morgan fingerprint density at radius 2 is 1.61 bits per heavy atom. The third-order valence-electron chi connectivity index (χ3n) is 5.83. The lowest BCUT2D eigenvalue weighted by molar-refractivity contribution is -0.932. The lowest BCUT2D eigenvalue weighted by atomic mass is 9.95. The highest BCUT2D eigenvalue weighted by Crippen LogP contribution is 2.59. The smallest absolute Gasteiger partial charge is 0.144 e. The van der Waals surface area contributed by atoms with Gasteiger partial charge in [-0.15, -0.1) is 0 Å². The van der Waals surface area contributed by atoms with Gasteiger partial charge in [-0.25, -0.2) is 8.42 Å². The monoisotopic (exact) mass is 337 g/mol. The van der Waals surface area contributed by atoms with Gasteiger partial charge in [0.1, 0.15) is 15.9 Å². The van der Waals surface area contributed by atoms with Crippen molar-refractivity contribution >= 4 is 15.9 Å². The van der Waals surface area contributed by atoms with Crippen molar-refractivity contribution in [2.45, 2.75) is 43.2 Å². The summed E-state index contributed by atoms with van der Waals surface area (Å²) in [6.07, 6.45) is 3.15. The van der Waals surface area contributed by atoms with E-state index in [1.54, 1.807) is 19.1 Å². The Morgan fingerprint density at radius 3 is 2.04 bits per heavy atom. The highest BCUT2D eigenvalue weighted by Gasteiger charge is 2.67. The number of fused-ring (bicyclic) bond motifs is 5. The Kier molecular flexibility index (Phi) is 3.90. The number of benzene rings is 1. The maximum atomic E-state index is 11.4. The lowest BCUT2D eigenvalue weighted by Gasteiger charge is -2.43. The van der Waals surface area contributed by atoms with Crippen LogP contribution in [0.15, 0.2) is 29.2 Å². The summed E-state index contributed by atoms with van der Waals surface area (Å²) in [6.45, 7) is 1.59. The van der Waals surface area contributed by atoms with E-state index < -0.39 is 10.1 Å². The van der Waals surface area contributed by atoms with Crippen LogP contribution < -0.4 is 0 Å². The molecule has 1 aromatic rings. The Hall–Kier alpha value is -1.24. The summed E-state index contributed by atoms with van der Waals surface area (Å²) in [7, 11) is 0.343. The first kappa shape index (κ1) is 16.6. The molecular weight excluding hydrogens is 314 g/mol. The van der Waals surface area contributed by atoms with Crippen LogP contribution in [0.25, 0.3) is 0 Å². The number of quaternary nitrogens is 1. The zero-order valence-electron chi connectivity index (χ0n) is 13.7. The molecule has 2 aliphatic heterocycles. The van der Waals surface area contributed by atoms with Crippen molar-refractivity contribution < 1.29 is 22.2 Å². The van der Waals surface area contributed by atoms with E-state index in [1.807, 2.05) is 0 Å². The van der Waals surface area contributed by atoms with E-state index in [0.29, 0.717) is 23.4 Å². The molecule has 1 aromatic carbocycles. The van der Waals surface area contributed by atoms with E-state index in [1.165, 1.54) is 18.6 Å². The van der Waals surface area contributed by atoms with Gasteiger partial charge < -0.3 is 9.04 Å². The van der Waals surface area contributed by atoms with Crippen molar-refractivity contribution in [3.8, 4) is 0 Å². The molecule has 2 heterocycles. The number of rotatable bonds is 1. The quantitative estimate of drug-likeness (QED) is 0.577. The molecule has 0 N–H and O–H groups in total. The first-order valence-corrected chi connectivity index (χ1v) is 9.39. The van der Waals surface area contributed by atoms with Gasteiger partial charge in [-0.3, -0.25) is 4.79 Å². The van der Waals surface area contributed by atoms with Gasteiger partial charge in [0, 0.05) is 11.8 Å². The fraction of sp³-hybridized carbons (Fsp3) is 0.588. The predicted octanol–water partition coefficient (Wildman–Crippen LogP) is 1.71. The SMILES string of the molecule is C[N+]1(C)C2CC(=O)CC1C1CC12.Cc1ccccc1S(=O)(=O)[O-]. The molecule has 0 aromatic heterocycles. The molecule has 0 spiro atoms. The minimum absolute atomic E-state index is 0.139. The molecule has 4 rings (SSSR count). The van der Waals surface area contributed by atoms with Crippen LogP contribution in [0.2, 0.25) is 0 Å². The van der Waals surface area contributed by atoms with E-state index >= 15 is 0 Å². The minimum Gasteiger partial charge on any atom is -0.744 e. The predicted molar refractivity (Wildman–Crippen MR) is 84.7 cm³/mol. The van der Waals surface area contributed by atoms with Gasteiger partial charge in [0.15, 0.2) is 0 Å². The Bertz CT molecular complexity index is 719. The van der Waals surface area contributed by atoms with Crippen LogP contribution in [0.4, 0.5) is 0 Å². The molecular formula is C17H23NO4S. The molecule has 2 saturated heterocycles. The molecule has 126 valence electrons. The van der Waals surface area contributed by atoms with Gasteiger partial charge >= 0.3 is 0 Å². The zero-order valence-corrected chi connectivity index (χ0v) is 14.5. The van der Waals surface area contributed by atoms with Gasteiger partial charge in [-0.2, -0.15) is 0 Å². The van der Waals surface area contributed by atoms with Crippen LogP contribution in [0.3, 0.4) is 0 Å². The molecule has 4 unspecified atom stereocenters. The molecule has 0 amide bonds. The third kappa shape index (κ3) is 2.95. The van der Waals surface area contributed by atoms with Gasteiger partial charge in [0.2, 0.25) is 0 Å². The standard InChI is InChI=1S/C10H16NO.C7H8O3S/c1-11(2)9-3-6(12)4-10(11)8-5-7(8)9;1-6-4-2-3-5-7(6)11(8,9)10/h7-10H,3-5H2,1-2H3;2-5H,1H3,(H,8,9,10)/q+1;/p-1. The number of carbonyl (C=O) groups is 1. The summed E-state index contributed by atoms with van der Waals surface area (Å²) in [6, 6.07) is 7.46. The first-order valence-electron chi connectivity index (χ1n) is 7.99. The number of Topliss-reactive ketones (excluding diaryl/α,β-unsaturated/α-hetero) is 1. The van der Waals surface area contributed by atoms with Crippen molar-refractivity contribution in [2.24, 2.45) is 11.8 Å². The van der Waals surface area contributed by atoms with Gasteiger partial charge in [-0.1, -0.05) is 18.2 Å². The summed E-state index contributed by atoms with van der Waals surface area (Å²) in [5.74, 6) is 2.35. The molecule has 1 aliphatic carbocycles. The van der Waals surface area contributed by atoms with Crippen LogP contribution in [-0.2, 0) is 14.9 Å². The van der Waals surface area contributed by atoms with Crippen molar-refractivity contribution in [3.63, 3.8) is 0 Å². The van der Waals surface area contributed by atoms with Crippen molar-refractivity contribution in [3.05, 3.63) is 29.8 Å².